The molecule has 0 bridgehead atoms. The van der Waals surface area contributed by atoms with E-state index in [1.165, 1.54) is 22.7 Å². The van der Waals surface area contributed by atoms with Crippen LogP contribution in [0.15, 0.2) is 15.2 Å². The lowest BCUT2D eigenvalue weighted by Gasteiger charge is -1.97. The summed E-state index contributed by atoms with van der Waals surface area (Å²) in [4.78, 5) is 28.0. The van der Waals surface area contributed by atoms with Gasteiger partial charge in [-0.3, -0.25) is 9.59 Å². The zero-order chi connectivity index (χ0) is 22.2. The number of nitrogens with zero attached hydrogens (tertiary/aromatic N) is 10. The maximum Gasteiger partial charge on any atom is 0.234 e. The third-order valence-electron chi connectivity index (χ3n) is 4.17. The lowest BCUT2D eigenvalue weighted by atomic mass is 10.2. The fourth-order valence-corrected chi connectivity index (χ4v) is 4.45. The molecule has 16 heteroatoms. The van der Waals surface area contributed by atoms with Crippen molar-refractivity contribution < 1.29 is 9.59 Å². The van der Waals surface area contributed by atoms with Crippen LogP contribution in [0.25, 0.3) is 0 Å². The van der Waals surface area contributed by atoms with Gasteiger partial charge in [-0.2, -0.15) is 10.3 Å². The van der Waals surface area contributed by atoms with Crippen molar-refractivity contribution in [2.24, 2.45) is 15.2 Å². The normalized spacial score (nSPS) is 12.8. The number of ketones is 1. The van der Waals surface area contributed by atoms with Crippen LogP contribution in [0.1, 0.15) is 40.1 Å². The molecule has 0 aromatic carbocycles. The highest BCUT2D eigenvalue weighted by Gasteiger charge is 2.14. The average molecular weight is 475 g/mol. The first-order valence-electron chi connectivity index (χ1n) is 9.72. The first kappa shape index (κ1) is 21.8. The molecule has 1 aliphatic heterocycles. The summed E-state index contributed by atoms with van der Waals surface area (Å²) in [5.41, 5.74) is 0. The first-order valence-corrected chi connectivity index (χ1v) is 11.4. The monoisotopic (exact) mass is 474 g/mol. The second-order valence-corrected chi connectivity index (χ2v) is 8.91. The van der Waals surface area contributed by atoms with Crippen molar-refractivity contribution in [2.75, 3.05) is 12.0 Å². The molecule has 166 valence electrons. The number of aromatic amines is 1. The number of amidine groups is 1. The van der Waals surface area contributed by atoms with Gasteiger partial charge < -0.3 is 5.32 Å². The number of aromatic nitrogens is 8. The maximum absolute atomic E-state index is 12.1. The number of anilines is 1. The van der Waals surface area contributed by atoms with Crippen LogP contribution in [0, 0.1) is 0 Å². The predicted molar refractivity (Wildman–Crippen MR) is 113 cm³/mol. The molecule has 0 fully saturated rings. The third kappa shape index (κ3) is 6.55. The second kappa shape index (κ2) is 10.8. The molecule has 0 aliphatic carbocycles. The number of amides is 1. The molecule has 0 unspecified atom stereocenters. The van der Waals surface area contributed by atoms with E-state index < -0.39 is 0 Å². The summed E-state index contributed by atoms with van der Waals surface area (Å²) >= 11 is 2.79. The van der Waals surface area contributed by atoms with Gasteiger partial charge >= 0.3 is 0 Å². The van der Waals surface area contributed by atoms with E-state index in [0.29, 0.717) is 28.5 Å². The van der Waals surface area contributed by atoms with Crippen LogP contribution in [-0.2, 0) is 35.3 Å². The van der Waals surface area contributed by atoms with E-state index in [0.717, 1.165) is 35.7 Å². The zero-order valence-electron chi connectivity index (χ0n) is 16.8. The van der Waals surface area contributed by atoms with Crippen LogP contribution < -0.4 is 5.32 Å². The van der Waals surface area contributed by atoms with Crippen molar-refractivity contribution in [3.63, 3.8) is 0 Å². The Morgan fingerprint density at radius 3 is 2.44 bits per heavy atom. The highest BCUT2D eigenvalue weighted by Crippen LogP contribution is 2.19. The highest BCUT2D eigenvalue weighted by molar-refractivity contribution is 7.15. The standard InChI is InChI=1S/C16H18N12O2S2/c29-9(5-10-17-8-18-20-10)6-15-25-23-13(31-15)3-1-2-4-14-24-26-16(32-14)19-12(30)7-11-21-27-28-22-11/h1-8H2,(H,19,26,30)(H,21,22,27,28). The number of Topliss-reactive ketones (excluding diaryl/α,β-unsaturated/α-hetero) is 1. The SMILES string of the molecule is O=C(CC1=NCN=N1)Cc1nnc(CCCCc2nnc(NC(=O)Cc3nn[nH]n3)s2)s1. The molecule has 3 aromatic heterocycles. The minimum Gasteiger partial charge on any atom is -0.300 e. The summed E-state index contributed by atoms with van der Waals surface area (Å²) in [5, 5.41) is 42.6. The summed E-state index contributed by atoms with van der Waals surface area (Å²) in [6.45, 7) is 0.306. The van der Waals surface area contributed by atoms with Crippen LogP contribution in [0.2, 0.25) is 0 Å². The number of tetrazole rings is 1. The van der Waals surface area contributed by atoms with Crippen molar-refractivity contribution in [1.82, 2.24) is 41.0 Å². The van der Waals surface area contributed by atoms with Crippen molar-refractivity contribution in [2.45, 2.75) is 44.9 Å². The molecular formula is C16H18N12O2S2. The molecule has 1 aliphatic rings. The molecule has 0 radical (unpaired) electrons. The Hall–Kier alpha value is -3.40. The van der Waals surface area contributed by atoms with Gasteiger partial charge in [0.25, 0.3) is 0 Å². The van der Waals surface area contributed by atoms with Gasteiger partial charge in [-0.15, -0.1) is 47.0 Å². The number of hydrogen-bond acceptors (Lipinski definition) is 14. The van der Waals surface area contributed by atoms with Crippen molar-refractivity contribution in [1.29, 1.82) is 0 Å². The van der Waals surface area contributed by atoms with E-state index in [2.05, 4.69) is 61.6 Å². The Balaban J connectivity index is 1.14. The third-order valence-corrected chi connectivity index (χ3v) is 6.05. The second-order valence-electron chi connectivity index (χ2n) is 6.70. The fraction of sp³-hybridized carbons (Fsp3) is 0.500. The number of hydrogen-bond donors (Lipinski definition) is 2. The van der Waals surface area contributed by atoms with E-state index in [1.54, 1.807) is 0 Å². The number of carbonyl (C=O) groups excluding carboxylic acids is 2. The summed E-state index contributed by atoms with van der Waals surface area (Å²) in [5.74, 6) is 0.515. The molecule has 0 atom stereocenters. The number of aliphatic imine (C=N–C) groups is 1. The molecule has 1 amide bonds. The Bertz CT molecular complexity index is 1120. The number of rotatable bonds is 12. The summed E-state index contributed by atoms with van der Waals surface area (Å²) in [7, 11) is 0. The van der Waals surface area contributed by atoms with Gasteiger partial charge in [-0.1, -0.05) is 16.6 Å². The molecule has 0 spiro atoms. The first-order chi connectivity index (χ1) is 15.6. The van der Waals surface area contributed by atoms with Gasteiger partial charge in [-0.25, -0.2) is 4.99 Å². The quantitative estimate of drug-likeness (QED) is 0.360. The van der Waals surface area contributed by atoms with Crippen LogP contribution in [0.4, 0.5) is 5.13 Å². The topological polar surface area (TPSA) is 189 Å². The molecular weight excluding hydrogens is 456 g/mol. The molecule has 32 heavy (non-hydrogen) atoms. The lowest BCUT2D eigenvalue weighted by Crippen LogP contribution is -2.15. The molecule has 0 saturated heterocycles. The van der Waals surface area contributed by atoms with Crippen molar-refractivity contribution >= 4 is 45.3 Å². The Kier molecular flexibility index (Phi) is 7.34. The van der Waals surface area contributed by atoms with E-state index in [1.807, 2.05) is 0 Å². The number of carbonyl (C=O) groups is 2. The largest absolute Gasteiger partial charge is 0.300 e. The molecule has 14 nitrogen and oxygen atoms in total. The fourth-order valence-electron chi connectivity index (χ4n) is 2.74. The van der Waals surface area contributed by atoms with Crippen LogP contribution in [0.5, 0.6) is 0 Å². The predicted octanol–water partition coefficient (Wildman–Crippen LogP) is 0.973. The Labute approximate surface area is 189 Å². The van der Waals surface area contributed by atoms with Gasteiger partial charge in [-0.05, 0) is 12.8 Å². The number of aryl methyl sites for hydroxylation is 2. The minimum absolute atomic E-state index is 0.00348. The van der Waals surface area contributed by atoms with Gasteiger partial charge in [0.15, 0.2) is 18.3 Å². The zero-order valence-corrected chi connectivity index (χ0v) is 18.4. The van der Waals surface area contributed by atoms with Gasteiger partial charge in [0.05, 0.1) is 19.3 Å². The van der Waals surface area contributed by atoms with E-state index in [9.17, 15) is 9.59 Å². The van der Waals surface area contributed by atoms with Gasteiger partial charge in [0, 0.05) is 12.8 Å². The van der Waals surface area contributed by atoms with E-state index >= 15 is 0 Å². The molecule has 0 saturated carbocycles. The highest BCUT2D eigenvalue weighted by atomic mass is 32.1. The minimum atomic E-state index is -0.278. The maximum atomic E-state index is 12.1. The van der Waals surface area contributed by atoms with Crippen LogP contribution >= 0.6 is 22.7 Å². The molecule has 4 heterocycles. The molecule has 4 rings (SSSR count). The summed E-state index contributed by atoms with van der Waals surface area (Å²) in [6.07, 6.45) is 3.75. The average Bonchev–Trinajstić information content (AvgIpc) is 3.55. The Morgan fingerprint density at radius 1 is 0.906 bits per heavy atom. The number of azo groups is 1. The number of nitrogens with one attached hydrogen (secondary N) is 2. The van der Waals surface area contributed by atoms with Crippen LogP contribution in [-0.4, -0.2) is 65.2 Å². The summed E-state index contributed by atoms with van der Waals surface area (Å²) < 4.78 is 0. The van der Waals surface area contributed by atoms with Gasteiger partial charge in [0.1, 0.15) is 20.8 Å². The van der Waals surface area contributed by atoms with E-state index in [-0.39, 0.29) is 31.0 Å². The van der Waals surface area contributed by atoms with Crippen molar-refractivity contribution in [3.8, 4) is 0 Å². The van der Waals surface area contributed by atoms with Gasteiger partial charge in [0.2, 0.25) is 11.0 Å². The van der Waals surface area contributed by atoms with E-state index in [4.69, 9.17) is 0 Å². The smallest absolute Gasteiger partial charge is 0.234 e. The summed E-state index contributed by atoms with van der Waals surface area (Å²) in [6, 6.07) is 0. The van der Waals surface area contributed by atoms with Crippen molar-refractivity contribution in [3.05, 3.63) is 20.8 Å². The van der Waals surface area contributed by atoms with Crippen LogP contribution in [0.3, 0.4) is 0 Å². The number of H-pyrrole nitrogens is 1. The number of unbranched alkanes of at least 4 members (excludes halogenated alkanes) is 1. The Morgan fingerprint density at radius 2 is 1.69 bits per heavy atom. The molecule has 3 aromatic rings. The lowest BCUT2D eigenvalue weighted by molar-refractivity contribution is -0.117. The molecule has 2 N–H and O–H groups in total.